The van der Waals surface area contributed by atoms with E-state index in [2.05, 4.69) is 21.2 Å². The number of anilines is 1. The number of hydrogen-bond donors (Lipinski definition) is 1. The molecule has 0 aromatic heterocycles. The van der Waals surface area contributed by atoms with Crippen molar-refractivity contribution in [3.63, 3.8) is 0 Å². The summed E-state index contributed by atoms with van der Waals surface area (Å²) in [6.07, 6.45) is 0. The molecule has 20 heavy (non-hydrogen) atoms. The van der Waals surface area contributed by atoms with Crippen molar-refractivity contribution in [2.75, 3.05) is 5.32 Å². The van der Waals surface area contributed by atoms with Crippen molar-refractivity contribution in [2.45, 2.75) is 12.3 Å². The van der Waals surface area contributed by atoms with Gasteiger partial charge in [0.05, 0.1) is 15.4 Å². The summed E-state index contributed by atoms with van der Waals surface area (Å²) in [4.78, 5) is 12.2. The van der Waals surface area contributed by atoms with Crippen LogP contribution in [-0.2, 0) is 0 Å². The van der Waals surface area contributed by atoms with Crippen molar-refractivity contribution >= 4 is 39.1 Å². The molecular weight excluding hydrogens is 345 g/mol. The van der Waals surface area contributed by atoms with Gasteiger partial charge in [-0.1, -0.05) is 24.3 Å². The van der Waals surface area contributed by atoms with Crippen LogP contribution < -0.4 is 5.32 Å². The van der Waals surface area contributed by atoms with Crippen LogP contribution in [0.4, 0.5) is 10.1 Å². The molecule has 0 aliphatic heterocycles. The van der Waals surface area contributed by atoms with E-state index in [0.29, 0.717) is 5.69 Å². The molecule has 104 valence electrons. The van der Waals surface area contributed by atoms with Crippen LogP contribution in [0.5, 0.6) is 0 Å². The van der Waals surface area contributed by atoms with Gasteiger partial charge in [-0.2, -0.15) is 0 Å². The molecule has 0 saturated heterocycles. The Labute approximate surface area is 130 Å². The van der Waals surface area contributed by atoms with E-state index in [4.69, 9.17) is 11.6 Å². The molecule has 2 rings (SSSR count). The van der Waals surface area contributed by atoms with E-state index in [1.54, 1.807) is 18.2 Å². The van der Waals surface area contributed by atoms with E-state index in [-0.39, 0.29) is 21.3 Å². The lowest BCUT2D eigenvalue weighted by atomic mass is 10.1. The Hall–Kier alpha value is -1.39. The Morgan fingerprint density at radius 2 is 1.95 bits per heavy atom. The molecule has 0 saturated carbocycles. The van der Waals surface area contributed by atoms with E-state index < -0.39 is 5.82 Å². The number of nitrogens with one attached hydrogen (secondary N) is 1. The van der Waals surface area contributed by atoms with Crippen LogP contribution >= 0.6 is 27.5 Å². The summed E-state index contributed by atoms with van der Waals surface area (Å²) in [5, 5.41) is 2.52. The van der Waals surface area contributed by atoms with Gasteiger partial charge in [0.15, 0.2) is 0 Å². The summed E-state index contributed by atoms with van der Waals surface area (Å²) >= 11 is 9.15. The van der Waals surface area contributed by atoms with Gasteiger partial charge < -0.3 is 5.32 Å². The summed E-state index contributed by atoms with van der Waals surface area (Å²) in [6, 6.07) is 11.6. The lowest BCUT2D eigenvalue weighted by Gasteiger charge is -2.13. The number of amides is 1. The standard InChI is InChI=1S/C15H12BrClFNO/c1-9(17)10-5-2-3-8-13(10)19-15(20)11-6-4-7-12(18)14(11)16/h2-9H,1H3,(H,19,20). The Bertz CT molecular complexity index is 646. The number of carbonyl (C=O) groups excluding carboxylic acids is 1. The first-order valence-electron chi connectivity index (χ1n) is 5.99. The summed E-state index contributed by atoms with van der Waals surface area (Å²) in [6.45, 7) is 1.82. The maximum atomic E-state index is 13.4. The van der Waals surface area contributed by atoms with E-state index >= 15 is 0 Å². The zero-order chi connectivity index (χ0) is 14.7. The highest BCUT2D eigenvalue weighted by Gasteiger charge is 2.15. The fourth-order valence-corrected chi connectivity index (χ4v) is 2.46. The van der Waals surface area contributed by atoms with Crippen LogP contribution in [0.3, 0.4) is 0 Å². The van der Waals surface area contributed by atoms with Crippen molar-refractivity contribution in [3.8, 4) is 0 Å². The van der Waals surface area contributed by atoms with Gasteiger partial charge in [-0.05, 0) is 46.6 Å². The van der Waals surface area contributed by atoms with Gasteiger partial charge in [0.25, 0.3) is 5.91 Å². The first-order chi connectivity index (χ1) is 9.50. The summed E-state index contributed by atoms with van der Waals surface area (Å²) in [5.41, 5.74) is 1.67. The first kappa shape index (κ1) is 15.0. The van der Waals surface area contributed by atoms with Gasteiger partial charge in [0.1, 0.15) is 5.82 Å². The maximum Gasteiger partial charge on any atom is 0.256 e. The molecule has 2 nitrogen and oxygen atoms in total. The van der Waals surface area contributed by atoms with Gasteiger partial charge in [-0.3, -0.25) is 4.79 Å². The third kappa shape index (κ3) is 3.19. The van der Waals surface area contributed by atoms with Gasteiger partial charge in [-0.25, -0.2) is 4.39 Å². The quantitative estimate of drug-likeness (QED) is 0.758. The monoisotopic (exact) mass is 355 g/mol. The molecule has 0 aliphatic rings. The number of halogens is 3. The molecule has 2 aromatic rings. The van der Waals surface area contributed by atoms with E-state index in [0.717, 1.165) is 5.56 Å². The molecule has 0 fully saturated rings. The molecule has 1 amide bonds. The van der Waals surface area contributed by atoms with Crippen molar-refractivity contribution in [1.82, 2.24) is 0 Å². The molecular formula is C15H12BrClFNO. The van der Waals surface area contributed by atoms with Crippen LogP contribution in [0.2, 0.25) is 0 Å². The Kier molecular flexibility index (Phi) is 4.78. The number of alkyl halides is 1. The minimum absolute atomic E-state index is 0.147. The van der Waals surface area contributed by atoms with Crippen molar-refractivity contribution in [2.24, 2.45) is 0 Å². The highest BCUT2D eigenvalue weighted by atomic mass is 79.9. The summed E-state index contributed by atoms with van der Waals surface area (Å²) in [7, 11) is 0. The molecule has 0 heterocycles. The molecule has 2 aromatic carbocycles. The largest absolute Gasteiger partial charge is 0.322 e. The minimum atomic E-state index is -0.475. The zero-order valence-corrected chi connectivity index (χ0v) is 13.0. The van der Waals surface area contributed by atoms with Crippen molar-refractivity contribution in [3.05, 3.63) is 63.9 Å². The smallest absolute Gasteiger partial charge is 0.256 e. The molecule has 0 bridgehead atoms. The molecule has 0 spiro atoms. The van der Waals surface area contributed by atoms with E-state index in [1.165, 1.54) is 12.1 Å². The van der Waals surface area contributed by atoms with Gasteiger partial charge in [-0.15, -0.1) is 11.6 Å². The topological polar surface area (TPSA) is 29.1 Å². The molecule has 1 N–H and O–H groups in total. The highest BCUT2D eigenvalue weighted by molar-refractivity contribution is 9.10. The normalized spacial score (nSPS) is 12.0. The second-order valence-electron chi connectivity index (χ2n) is 4.26. The average Bonchev–Trinajstić information content (AvgIpc) is 2.42. The fraction of sp³-hybridized carbons (Fsp3) is 0.133. The average molecular weight is 357 g/mol. The van der Waals surface area contributed by atoms with Crippen LogP contribution in [0.1, 0.15) is 28.2 Å². The first-order valence-corrected chi connectivity index (χ1v) is 7.22. The predicted molar refractivity (Wildman–Crippen MR) is 82.8 cm³/mol. The lowest BCUT2D eigenvalue weighted by molar-refractivity contribution is 0.102. The SMILES string of the molecule is CC(Cl)c1ccccc1NC(=O)c1cccc(F)c1Br. The summed E-state index contributed by atoms with van der Waals surface area (Å²) < 4.78 is 13.6. The lowest BCUT2D eigenvalue weighted by Crippen LogP contribution is -2.14. The molecule has 5 heteroatoms. The number of benzene rings is 2. The Morgan fingerprint density at radius 1 is 1.25 bits per heavy atom. The second-order valence-corrected chi connectivity index (χ2v) is 5.71. The molecule has 1 unspecified atom stereocenters. The molecule has 0 radical (unpaired) electrons. The third-order valence-electron chi connectivity index (χ3n) is 2.83. The van der Waals surface area contributed by atoms with Crippen LogP contribution in [0, 0.1) is 5.82 Å². The van der Waals surface area contributed by atoms with Gasteiger partial charge in [0.2, 0.25) is 0 Å². The van der Waals surface area contributed by atoms with Crippen LogP contribution in [0.15, 0.2) is 46.9 Å². The molecule has 0 aliphatic carbocycles. The fourth-order valence-electron chi connectivity index (χ4n) is 1.83. The van der Waals surface area contributed by atoms with Crippen LogP contribution in [-0.4, -0.2) is 5.91 Å². The van der Waals surface area contributed by atoms with E-state index in [1.807, 2.05) is 19.1 Å². The highest BCUT2D eigenvalue weighted by Crippen LogP contribution is 2.28. The van der Waals surface area contributed by atoms with Gasteiger partial charge >= 0.3 is 0 Å². The number of para-hydroxylation sites is 1. The zero-order valence-electron chi connectivity index (χ0n) is 10.7. The predicted octanol–water partition coefficient (Wildman–Crippen LogP) is 5.14. The molecule has 1 atom stereocenters. The van der Waals surface area contributed by atoms with Gasteiger partial charge in [0, 0.05) is 5.69 Å². The number of hydrogen-bond acceptors (Lipinski definition) is 1. The van der Waals surface area contributed by atoms with Crippen LogP contribution in [0.25, 0.3) is 0 Å². The maximum absolute atomic E-state index is 13.4. The van der Waals surface area contributed by atoms with Crippen molar-refractivity contribution < 1.29 is 9.18 Å². The Morgan fingerprint density at radius 3 is 2.65 bits per heavy atom. The Balaban J connectivity index is 2.31. The third-order valence-corrected chi connectivity index (χ3v) is 3.87. The van der Waals surface area contributed by atoms with E-state index in [9.17, 15) is 9.18 Å². The second kappa shape index (κ2) is 6.37. The number of carbonyl (C=O) groups is 1. The number of rotatable bonds is 3. The minimum Gasteiger partial charge on any atom is -0.322 e. The van der Waals surface area contributed by atoms with Crippen molar-refractivity contribution in [1.29, 1.82) is 0 Å². The summed E-state index contributed by atoms with van der Waals surface area (Å²) in [5.74, 6) is -0.863.